The summed E-state index contributed by atoms with van der Waals surface area (Å²) in [6.45, 7) is 9.62. The van der Waals surface area contributed by atoms with Crippen LogP contribution in [-0.2, 0) is 17.6 Å². The first kappa shape index (κ1) is 24.2. The molecule has 1 aliphatic rings. The third-order valence-electron chi connectivity index (χ3n) is 6.42. The van der Waals surface area contributed by atoms with E-state index in [9.17, 15) is 4.79 Å². The van der Waals surface area contributed by atoms with E-state index in [-0.39, 0.29) is 0 Å². The summed E-state index contributed by atoms with van der Waals surface area (Å²) in [4.78, 5) is 26.7. The van der Waals surface area contributed by atoms with Crippen molar-refractivity contribution in [3.05, 3.63) is 53.0 Å². The number of rotatable bonds is 11. The Morgan fingerprint density at radius 1 is 0.906 bits per heavy atom. The van der Waals surface area contributed by atoms with Gasteiger partial charge in [-0.05, 0) is 25.3 Å². The molecule has 0 N–H and O–H groups in total. The highest BCUT2D eigenvalue weighted by molar-refractivity contribution is 5.76. The first-order chi connectivity index (χ1) is 15.6. The van der Waals surface area contributed by atoms with Gasteiger partial charge in [-0.25, -0.2) is 9.97 Å². The molecule has 0 bridgehead atoms. The van der Waals surface area contributed by atoms with Gasteiger partial charge in [-0.15, -0.1) is 0 Å². The van der Waals surface area contributed by atoms with Crippen LogP contribution < -0.4 is 4.90 Å². The van der Waals surface area contributed by atoms with Crippen molar-refractivity contribution in [2.45, 2.75) is 78.6 Å². The normalized spacial score (nSPS) is 14.1. The zero-order valence-corrected chi connectivity index (χ0v) is 20.3. The predicted molar refractivity (Wildman–Crippen MR) is 132 cm³/mol. The molecule has 0 spiro atoms. The Labute approximate surface area is 194 Å². The summed E-state index contributed by atoms with van der Waals surface area (Å²) < 4.78 is 0. The van der Waals surface area contributed by atoms with E-state index in [1.54, 1.807) is 0 Å². The van der Waals surface area contributed by atoms with Crippen LogP contribution in [0.2, 0.25) is 0 Å². The Bertz CT molecular complexity index is 844. The van der Waals surface area contributed by atoms with Crippen LogP contribution in [0.3, 0.4) is 0 Å². The molecule has 1 saturated heterocycles. The van der Waals surface area contributed by atoms with Crippen molar-refractivity contribution in [1.29, 1.82) is 0 Å². The molecule has 0 atom stereocenters. The summed E-state index contributed by atoms with van der Waals surface area (Å²) >= 11 is 0. The maximum absolute atomic E-state index is 12.7. The Hall–Kier alpha value is -2.43. The fourth-order valence-corrected chi connectivity index (χ4v) is 4.56. The minimum atomic E-state index is 0.317. The van der Waals surface area contributed by atoms with Gasteiger partial charge in [-0.1, -0.05) is 76.3 Å². The van der Waals surface area contributed by atoms with Crippen molar-refractivity contribution in [3.8, 4) is 0 Å². The number of nitrogens with zero attached hydrogens (tertiary/aromatic N) is 4. The first-order valence-corrected chi connectivity index (χ1v) is 12.5. The van der Waals surface area contributed by atoms with Crippen molar-refractivity contribution in [2.75, 3.05) is 31.1 Å². The standard InChI is InChI=1S/C27H40N4O/c1-4-6-7-8-9-13-16-26(32)30-17-19-31(20-18-30)27-24(21-23-14-11-10-12-15-23)25(5-2)28-22(3)29-27/h10-12,14-15H,4-9,13,16-21H2,1-3H3. The van der Waals surface area contributed by atoms with Gasteiger partial charge in [-0.2, -0.15) is 0 Å². The lowest BCUT2D eigenvalue weighted by Crippen LogP contribution is -2.49. The van der Waals surface area contributed by atoms with Crippen LogP contribution in [0.25, 0.3) is 0 Å². The second-order valence-electron chi connectivity index (χ2n) is 8.92. The van der Waals surface area contributed by atoms with E-state index in [0.717, 1.165) is 62.8 Å². The minimum Gasteiger partial charge on any atom is -0.353 e. The molecule has 1 aliphatic heterocycles. The van der Waals surface area contributed by atoms with Gasteiger partial charge in [0.15, 0.2) is 0 Å². The topological polar surface area (TPSA) is 49.3 Å². The van der Waals surface area contributed by atoms with Gasteiger partial charge in [0.1, 0.15) is 11.6 Å². The molecule has 2 aromatic rings. The average molecular weight is 437 g/mol. The number of hydrogen-bond donors (Lipinski definition) is 0. The molecule has 174 valence electrons. The molecule has 0 unspecified atom stereocenters. The second-order valence-corrected chi connectivity index (χ2v) is 8.92. The van der Waals surface area contributed by atoms with Crippen LogP contribution >= 0.6 is 0 Å². The van der Waals surface area contributed by atoms with Crippen LogP contribution in [0, 0.1) is 6.92 Å². The number of anilines is 1. The summed E-state index contributed by atoms with van der Waals surface area (Å²) in [6, 6.07) is 10.6. The van der Waals surface area contributed by atoms with E-state index in [1.165, 1.54) is 43.2 Å². The Balaban J connectivity index is 1.61. The van der Waals surface area contributed by atoms with Crippen LogP contribution in [0.5, 0.6) is 0 Å². The lowest BCUT2D eigenvalue weighted by molar-refractivity contribution is -0.131. The van der Waals surface area contributed by atoms with Crippen molar-refractivity contribution in [3.63, 3.8) is 0 Å². The third kappa shape index (κ3) is 6.78. The van der Waals surface area contributed by atoms with E-state index >= 15 is 0 Å². The smallest absolute Gasteiger partial charge is 0.222 e. The largest absolute Gasteiger partial charge is 0.353 e. The van der Waals surface area contributed by atoms with Crippen molar-refractivity contribution < 1.29 is 4.79 Å². The van der Waals surface area contributed by atoms with Crippen molar-refractivity contribution in [2.24, 2.45) is 0 Å². The molecular weight excluding hydrogens is 396 g/mol. The summed E-state index contributed by atoms with van der Waals surface area (Å²) in [7, 11) is 0. The summed E-state index contributed by atoms with van der Waals surface area (Å²) in [5.74, 6) is 2.20. The number of hydrogen-bond acceptors (Lipinski definition) is 4. The number of benzene rings is 1. The van der Waals surface area contributed by atoms with E-state index < -0.39 is 0 Å². The zero-order valence-electron chi connectivity index (χ0n) is 20.3. The highest BCUT2D eigenvalue weighted by Gasteiger charge is 2.25. The first-order valence-electron chi connectivity index (χ1n) is 12.5. The highest BCUT2D eigenvalue weighted by atomic mass is 16.2. The van der Waals surface area contributed by atoms with Gasteiger partial charge in [0, 0.05) is 50.3 Å². The predicted octanol–water partition coefficient (Wildman–Crippen LogP) is 5.34. The number of carbonyl (C=O) groups is 1. The van der Waals surface area contributed by atoms with E-state index in [2.05, 4.69) is 49.1 Å². The van der Waals surface area contributed by atoms with E-state index in [0.29, 0.717) is 12.3 Å². The van der Waals surface area contributed by atoms with E-state index in [4.69, 9.17) is 9.97 Å². The molecule has 0 radical (unpaired) electrons. The van der Waals surface area contributed by atoms with Crippen molar-refractivity contribution in [1.82, 2.24) is 14.9 Å². The van der Waals surface area contributed by atoms with Gasteiger partial charge in [0.05, 0.1) is 0 Å². The molecule has 2 heterocycles. The van der Waals surface area contributed by atoms with Crippen LogP contribution in [-0.4, -0.2) is 47.0 Å². The summed E-state index contributed by atoms with van der Waals surface area (Å²) in [6.07, 6.45) is 9.76. The lowest BCUT2D eigenvalue weighted by atomic mass is 10.0. The maximum Gasteiger partial charge on any atom is 0.222 e. The molecule has 0 saturated carbocycles. The molecule has 0 aliphatic carbocycles. The third-order valence-corrected chi connectivity index (χ3v) is 6.42. The number of unbranched alkanes of at least 4 members (excludes halogenated alkanes) is 5. The van der Waals surface area contributed by atoms with Crippen LogP contribution in [0.15, 0.2) is 30.3 Å². The van der Waals surface area contributed by atoms with Crippen molar-refractivity contribution >= 4 is 11.7 Å². The lowest BCUT2D eigenvalue weighted by Gasteiger charge is -2.36. The summed E-state index contributed by atoms with van der Waals surface area (Å²) in [5, 5.41) is 0. The Morgan fingerprint density at radius 3 is 2.28 bits per heavy atom. The minimum absolute atomic E-state index is 0.317. The van der Waals surface area contributed by atoms with Gasteiger partial charge in [0.2, 0.25) is 5.91 Å². The molecule has 1 fully saturated rings. The summed E-state index contributed by atoms with van der Waals surface area (Å²) in [5.41, 5.74) is 3.65. The number of piperazine rings is 1. The van der Waals surface area contributed by atoms with E-state index in [1.807, 2.05) is 11.8 Å². The zero-order chi connectivity index (χ0) is 22.8. The van der Waals surface area contributed by atoms with Crippen LogP contribution in [0.1, 0.15) is 81.4 Å². The van der Waals surface area contributed by atoms with Crippen LogP contribution in [0.4, 0.5) is 5.82 Å². The Morgan fingerprint density at radius 2 is 1.59 bits per heavy atom. The monoisotopic (exact) mass is 436 g/mol. The fraction of sp³-hybridized carbons (Fsp3) is 0.593. The second kappa shape index (κ2) is 12.6. The van der Waals surface area contributed by atoms with Gasteiger partial charge >= 0.3 is 0 Å². The average Bonchev–Trinajstić information content (AvgIpc) is 2.82. The molecule has 5 heteroatoms. The maximum atomic E-state index is 12.7. The molecular formula is C27H40N4O. The Kier molecular flexibility index (Phi) is 9.51. The highest BCUT2D eigenvalue weighted by Crippen LogP contribution is 2.26. The molecule has 3 rings (SSSR count). The molecule has 1 amide bonds. The van der Waals surface area contributed by atoms with Gasteiger partial charge < -0.3 is 9.80 Å². The van der Waals surface area contributed by atoms with Gasteiger partial charge in [0.25, 0.3) is 0 Å². The van der Waals surface area contributed by atoms with Gasteiger partial charge in [-0.3, -0.25) is 4.79 Å². The quantitative estimate of drug-likeness (QED) is 0.446. The molecule has 1 aromatic heterocycles. The molecule has 32 heavy (non-hydrogen) atoms. The number of carbonyl (C=O) groups excluding carboxylic acids is 1. The number of amides is 1. The molecule has 5 nitrogen and oxygen atoms in total. The number of aryl methyl sites for hydroxylation is 2. The SMILES string of the molecule is CCCCCCCCC(=O)N1CCN(c2nc(C)nc(CC)c2Cc2ccccc2)CC1. The molecule has 1 aromatic carbocycles. The number of aromatic nitrogens is 2. The fourth-order valence-electron chi connectivity index (χ4n) is 4.56.